The van der Waals surface area contributed by atoms with Crippen molar-refractivity contribution >= 4 is 11.7 Å². The van der Waals surface area contributed by atoms with Crippen LogP contribution in [-0.4, -0.2) is 17.5 Å². The predicted molar refractivity (Wildman–Crippen MR) is 112 cm³/mol. The highest BCUT2D eigenvalue weighted by Crippen LogP contribution is 2.32. The van der Waals surface area contributed by atoms with Gasteiger partial charge in [-0.15, -0.1) is 0 Å². The van der Waals surface area contributed by atoms with Crippen molar-refractivity contribution in [1.29, 1.82) is 0 Å². The van der Waals surface area contributed by atoms with Crippen molar-refractivity contribution < 1.29 is 9.53 Å². The number of carbonyl (C=O) groups is 1. The molecule has 0 saturated carbocycles. The SMILES string of the molecule is Cc1ccc(C(=C2CN(Cc3ccccc3)C(=O)O2)c2ccc(C)cc2)cc1. The average molecular weight is 369 g/mol. The zero-order chi connectivity index (χ0) is 19.5. The van der Waals surface area contributed by atoms with E-state index in [2.05, 4.69) is 62.4 Å². The highest BCUT2D eigenvalue weighted by molar-refractivity contribution is 5.85. The second-order valence-corrected chi connectivity index (χ2v) is 7.24. The van der Waals surface area contributed by atoms with Crippen molar-refractivity contribution in [1.82, 2.24) is 4.90 Å². The summed E-state index contributed by atoms with van der Waals surface area (Å²) in [7, 11) is 0. The molecule has 0 unspecified atom stereocenters. The van der Waals surface area contributed by atoms with Crippen molar-refractivity contribution in [3.63, 3.8) is 0 Å². The first kappa shape index (κ1) is 18.1. The number of hydrogen-bond acceptors (Lipinski definition) is 2. The first-order valence-corrected chi connectivity index (χ1v) is 9.48. The van der Waals surface area contributed by atoms with E-state index in [0.29, 0.717) is 18.8 Å². The minimum Gasteiger partial charge on any atom is -0.412 e. The Labute approximate surface area is 165 Å². The average Bonchev–Trinajstić information content (AvgIpc) is 3.06. The number of cyclic esters (lactones) is 1. The number of aryl methyl sites for hydroxylation is 2. The molecule has 1 fully saturated rings. The van der Waals surface area contributed by atoms with Crippen LogP contribution < -0.4 is 0 Å². The van der Waals surface area contributed by atoms with Crippen LogP contribution in [-0.2, 0) is 11.3 Å². The third-order valence-electron chi connectivity index (χ3n) is 4.98. The van der Waals surface area contributed by atoms with Gasteiger partial charge in [-0.1, -0.05) is 90.0 Å². The van der Waals surface area contributed by atoms with E-state index in [1.165, 1.54) is 11.1 Å². The lowest BCUT2D eigenvalue weighted by Crippen LogP contribution is -2.23. The summed E-state index contributed by atoms with van der Waals surface area (Å²) < 4.78 is 5.74. The molecule has 1 heterocycles. The topological polar surface area (TPSA) is 29.5 Å². The minimum atomic E-state index is -0.296. The molecule has 0 radical (unpaired) electrons. The maximum atomic E-state index is 12.5. The van der Waals surface area contributed by atoms with E-state index < -0.39 is 0 Å². The summed E-state index contributed by atoms with van der Waals surface area (Å²) in [6.07, 6.45) is -0.296. The van der Waals surface area contributed by atoms with Crippen LogP contribution >= 0.6 is 0 Å². The van der Waals surface area contributed by atoms with Crippen LogP contribution in [0.2, 0.25) is 0 Å². The van der Waals surface area contributed by atoms with Crippen molar-refractivity contribution in [2.45, 2.75) is 20.4 Å². The Balaban J connectivity index is 1.72. The number of rotatable bonds is 4. The van der Waals surface area contributed by atoms with Gasteiger partial charge in [-0.05, 0) is 30.5 Å². The standard InChI is InChI=1S/C25H23NO2/c1-18-8-12-21(13-9-18)24(22-14-10-19(2)11-15-22)23-17-26(25(27)28-23)16-20-6-4-3-5-7-20/h3-15H,16-17H2,1-2H3. The van der Waals surface area contributed by atoms with Crippen LogP contribution in [0.4, 0.5) is 4.79 Å². The summed E-state index contributed by atoms with van der Waals surface area (Å²) in [5.41, 5.74) is 6.58. The van der Waals surface area contributed by atoms with E-state index in [4.69, 9.17) is 4.74 Å². The van der Waals surface area contributed by atoms with E-state index in [1.54, 1.807) is 4.90 Å². The van der Waals surface area contributed by atoms with Gasteiger partial charge in [0.2, 0.25) is 0 Å². The molecule has 0 aliphatic carbocycles. The van der Waals surface area contributed by atoms with E-state index >= 15 is 0 Å². The zero-order valence-electron chi connectivity index (χ0n) is 16.2. The smallest absolute Gasteiger partial charge is 0.412 e. The zero-order valence-corrected chi connectivity index (χ0v) is 16.2. The van der Waals surface area contributed by atoms with Crippen molar-refractivity contribution in [3.05, 3.63) is 112 Å². The molecular weight excluding hydrogens is 346 g/mol. The van der Waals surface area contributed by atoms with Crippen LogP contribution in [0.25, 0.3) is 5.57 Å². The molecule has 1 aliphatic heterocycles. The van der Waals surface area contributed by atoms with Gasteiger partial charge < -0.3 is 4.74 Å². The molecule has 3 nitrogen and oxygen atoms in total. The normalized spacial score (nSPS) is 13.6. The van der Waals surface area contributed by atoms with Crippen LogP contribution in [0.1, 0.15) is 27.8 Å². The molecule has 140 valence electrons. The van der Waals surface area contributed by atoms with Gasteiger partial charge in [0.05, 0.1) is 6.54 Å². The summed E-state index contributed by atoms with van der Waals surface area (Å²) in [6, 6.07) is 26.7. The molecular formula is C25H23NO2. The summed E-state index contributed by atoms with van der Waals surface area (Å²) >= 11 is 0. The van der Waals surface area contributed by atoms with E-state index in [-0.39, 0.29) is 6.09 Å². The Morgan fingerprint density at radius 1 is 0.821 bits per heavy atom. The fraction of sp³-hybridized carbons (Fsp3) is 0.160. The van der Waals surface area contributed by atoms with Crippen molar-refractivity contribution in [2.75, 3.05) is 6.54 Å². The summed E-state index contributed by atoms with van der Waals surface area (Å²) in [5, 5.41) is 0. The maximum absolute atomic E-state index is 12.5. The fourth-order valence-corrected chi connectivity index (χ4v) is 3.42. The van der Waals surface area contributed by atoms with E-state index in [1.807, 2.05) is 30.3 Å². The van der Waals surface area contributed by atoms with Gasteiger partial charge in [0.25, 0.3) is 0 Å². The minimum absolute atomic E-state index is 0.296. The molecule has 3 heteroatoms. The van der Waals surface area contributed by atoms with Crippen molar-refractivity contribution in [2.24, 2.45) is 0 Å². The second-order valence-electron chi connectivity index (χ2n) is 7.24. The molecule has 1 amide bonds. The Morgan fingerprint density at radius 2 is 1.36 bits per heavy atom. The number of ether oxygens (including phenoxy) is 1. The molecule has 3 aromatic carbocycles. The summed E-state index contributed by atoms with van der Waals surface area (Å²) in [5.74, 6) is 0.702. The van der Waals surface area contributed by atoms with Crippen molar-refractivity contribution in [3.8, 4) is 0 Å². The van der Waals surface area contributed by atoms with Crippen LogP contribution in [0.15, 0.2) is 84.6 Å². The molecule has 0 bridgehead atoms. The third kappa shape index (κ3) is 3.84. The highest BCUT2D eigenvalue weighted by Gasteiger charge is 2.30. The number of benzene rings is 3. The molecule has 3 aromatic rings. The Morgan fingerprint density at radius 3 is 1.89 bits per heavy atom. The lowest BCUT2D eigenvalue weighted by Gasteiger charge is -2.13. The van der Waals surface area contributed by atoms with Crippen LogP contribution in [0, 0.1) is 13.8 Å². The van der Waals surface area contributed by atoms with Gasteiger partial charge in [0, 0.05) is 12.1 Å². The van der Waals surface area contributed by atoms with Gasteiger partial charge in [0.15, 0.2) is 0 Å². The molecule has 0 spiro atoms. The summed E-state index contributed by atoms with van der Waals surface area (Å²) in [4.78, 5) is 14.3. The number of hydrogen-bond donors (Lipinski definition) is 0. The van der Waals surface area contributed by atoms with Gasteiger partial charge in [0.1, 0.15) is 5.76 Å². The van der Waals surface area contributed by atoms with Gasteiger partial charge >= 0.3 is 6.09 Å². The van der Waals surface area contributed by atoms with E-state index in [0.717, 1.165) is 22.3 Å². The summed E-state index contributed by atoms with van der Waals surface area (Å²) in [6.45, 7) is 5.14. The Hall–Kier alpha value is -3.33. The lowest BCUT2D eigenvalue weighted by molar-refractivity contribution is 0.167. The highest BCUT2D eigenvalue weighted by atomic mass is 16.6. The number of amides is 1. The van der Waals surface area contributed by atoms with Crippen LogP contribution in [0.3, 0.4) is 0 Å². The first-order chi connectivity index (χ1) is 13.6. The molecule has 1 aliphatic rings. The van der Waals surface area contributed by atoms with Crippen LogP contribution in [0.5, 0.6) is 0 Å². The molecule has 4 rings (SSSR count). The molecule has 28 heavy (non-hydrogen) atoms. The number of nitrogens with zero attached hydrogens (tertiary/aromatic N) is 1. The van der Waals surface area contributed by atoms with Gasteiger partial charge in [-0.25, -0.2) is 4.79 Å². The Bertz CT molecular complexity index is 955. The third-order valence-corrected chi connectivity index (χ3v) is 4.98. The molecule has 1 saturated heterocycles. The first-order valence-electron chi connectivity index (χ1n) is 9.48. The number of carbonyl (C=O) groups excluding carboxylic acids is 1. The van der Waals surface area contributed by atoms with E-state index in [9.17, 15) is 4.79 Å². The Kier molecular flexibility index (Phi) is 4.98. The largest absolute Gasteiger partial charge is 0.415 e. The predicted octanol–water partition coefficient (Wildman–Crippen LogP) is 5.72. The molecule has 0 N–H and O–H groups in total. The van der Waals surface area contributed by atoms with Gasteiger partial charge in [-0.3, -0.25) is 4.90 Å². The second kappa shape index (κ2) is 7.73. The lowest BCUT2D eigenvalue weighted by atomic mass is 9.95. The molecule has 0 atom stereocenters. The monoisotopic (exact) mass is 369 g/mol. The fourth-order valence-electron chi connectivity index (χ4n) is 3.42. The maximum Gasteiger partial charge on any atom is 0.415 e. The molecule has 0 aromatic heterocycles. The van der Waals surface area contributed by atoms with Gasteiger partial charge in [-0.2, -0.15) is 0 Å². The quantitative estimate of drug-likeness (QED) is 0.589.